The number of amides is 3. The Bertz CT molecular complexity index is 2540. The maximum atomic E-state index is 13.5. The first kappa shape index (κ1) is 39.5. The summed E-state index contributed by atoms with van der Waals surface area (Å²) in [6, 6.07) is 31.2. The van der Waals surface area contributed by atoms with Crippen molar-refractivity contribution in [3.8, 4) is 45.5 Å². The number of benzene rings is 4. The van der Waals surface area contributed by atoms with Gasteiger partial charge < -0.3 is 37.3 Å². The van der Waals surface area contributed by atoms with Crippen molar-refractivity contribution < 1.29 is 23.9 Å². The molecule has 2 aromatic heterocycles. The molecule has 3 heterocycles. The van der Waals surface area contributed by atoms with Crippen LogP contribution in [0.2, 0.25) is 0 Å². The number of carbonyl (C=O) groups excluding carboxylic acids is 3. The summed E-state index contributed by atoms with van der Waals surface area (Å²) < 4.78 is 15.5. The van der Waals surface area contributed by atoms with Crippen molar-refractivity contribution in [2.75, 3.05) is 24.6 Å². The molecule has 1 saturated heterocycles. The molecule has 6 aromatic rings. The molecule has 2 fully saturated rings. The first-order chi connectivity index (χ1) is 29.1. The fourth-order valence-electron chi connectivity index (χ4n) is 8.10. The second kappa shape index (κ2) is 17.2. The molecule has 0 radical (unpaired) electrons. The Morgan fingerprint density at radius 3 is 1.70 bits per heavy atom. The Morgan fingerprint density at radius 1 is 0.600 bits per heavy atom. The molecule has 4 aromatic carbocycles. The van der Waals surface area contributed by atoms with Crippen LogP contribution in [-0.2, 0) is 4.79 Å². The van der Waals surface area contributed by atoms with Crippen LogP contribution in [0.15, 0.2) is 109 Å². The van der Waals surface area contributed by atoms with Gasteiger partial charge in [-0.05, 0) is 110 Å². The van der Waals surface area contributed by atoms with E-state index in [4.69, 9.17) is 42.6 Å². The maximum Gasteiger partial charge on any atom is 0.254 e. The number of carbonyl (C=O) groups is 3. The SMILES string of the molecule is NC(=O)c1c(-c2ccc(Oc3cccc(C=CC(=O)N4CCCC(n5nc(-c6ccc(Oc7ccccc7)cc6)c(C(N)=O)c5N)C4)c3)cc2)nn(C2CCCCC2)c1N. The zero-order chi connectivity index (χ0) is 41.8. The normalized spacial score (nSPS) is 15.9. The topological polar surface area (TPSA) is 213 Å². The van der Waals surface area contributed by atoms with E-state index in [0.717, 1.165) is 37.7 Å². The number of nitrogen functional groups attached to an aromatic ring is 2. The third-order valence-corrected chi connectivity index (χ3v) is 11.1. The summed E-state index contributed by atoms with van der Waals surface area (Å²) in [5, 5.41) is 9.53. The molecule has 1 aliphatic carbocycles. The van der Waals surface area contributed by atoms with Gasteiger partial charge >= 0.3 is 0 Å². The Kier molecular flexibility index (Phi) is 11.3. The van der Waals surface area contributed by atoms with Gasteiger partial charge in [-0.15, -0.1) is 0 Å². The molecule has 60 heavy (non-hydrogen) atoms. The van der Waals surface area contributed by atoms with Gasteiger partial charge in [0.2, 0.25) is 5.91 Å². The number of rotatable bonds is 12. The maximum absolute atomic E-state index is 13.5. The van der Waals surface area contributed by atoms with Gasteiger partial charge in [0.15, 0.2) is 0 Å². The molecule has 14 nitrogen and oxygen atoms in total. The number of piperidine rings is 1. The third-order valence-electron chi connectivity index (χ3n) is 11.1. The summed E-state index contributed by atoms with van der Waals surface area (Å²) in [6.45, 7) is 0.913. The van der Waals surface area contributed by atoms with E-state index >= 15 is 0 Å². The second-order valence-electron chi connectivity index (χ2n) is 15.2. The number of anilines is 2. The van der Waals surface area contributed by atoms with E-state index in [0.29, 0.717) is 70.8 Å². The summed E-state index contributed by atoms with van der Waals surface area (Å²) in [4.78, 5) is 40.4. The van der Waals surface area contributed by atoms with Crippen molar-refractivity contribution in [3.05, 3.63) is 126 Å². The van der Waals surface area contributed by atoms with E-state index in [1.807, 2.05) is 78.9 Å². The Balaban J connectivity index is 0.921. The van der Waals surface area contributed by atoms with Crippen molar-refractivity contribution in [2.24, 2.45) is 11.5 Å². The number of nitrogens with zero attached hydrogens (tertiary/aromatic N) is 5. The number of para-hydroxylation sites is 1. The van der Waals surface area contributed by atoms with Gasteiger partial charge in [0.05, 0.1) is 12.1 Å². The molecule has 0 spiro atoms. The highest BCUT2D eigenvalue weighted by atomic mass is 16.5. The average molecular weight is 806 g/mol. The number of likely N-dealkylation sites (tertiary alicyclic amines) is 1. The van der Waals surface area contributed by atoms with Gasteiger partial charge in [-0.3, -0.25) is 14.4 Å². The summed E-state index contributed by atoms with van der Waals surface area (Å²) in [6.07, 6.45) is 10.0. The fourth-order valence-corrected chi connectivity index (χ4v) is 8.10. The highest BCUT2D eigenvalue weighted by Crippen LogP contribution is 2.37. The zero-order valence-corrected chi connectivity index (χ0v) is 33.1. The van der Waals surface area contributed by atoms with Crippen molar-refractivity contribution >= 4 is 35.4 Å². The van der Waals surface area contributed by atoms with E-state index in [1.54, 1.807) is 44.6 Å². The van der Waals surface area contributed by atoms with E-state index < -0.39 is 11.8 Å². The molecule has 1 saturated carbocycles. The van der Waals surface area contributed by atoms with Crippen LogP contribution in [0.25, 0.3) is 28.6 Å². The number of ether oxygens (including phenoxy) is 2. The first-order valence-electron chi connectivity index (χ1n) is 20.2. The minimum absolute atomic E-state index is 0.136. The lowest BCUT2D eigenvalue weighted by molar-refractivity contribution is -0.127. The predicted molar refractivity (Wildman–Crippen MR) is 230 cm³/mol. The quantitative estimate of drug-likeness (QED) is 0.0889. The number of primary amides is 2. The van der Waals surface area contributed by atoms with Crippen molar-refractivity contribution in [1.29, 1.82) is 0 Å². The Hall–Kier alpha value is -7.35. The summed E-state index contributed by atoms with van der Waals surface area (Å²) in [7, 11) is 0. The third kappa shape index (κ3) is 8.44. The minimum Gasteiger partial charge on any atom is -0.457 e. The number of nitrogens with two attached hydrogens (primary N) is 4. The lowest BCUT2D eigenvalue weighted by atomic mass is 9.95. The van der Waals surface area contributed by atoms with E-state index in [-0.39, 0.29) is 34.9 Å². The van der Waals surface area contributed by atoms with Crippen molar-refractivity contribution in [3.63, 3.8) is 0 Å². The molecule has 1 aliphatic heterocycles. The molecule has 14 heteroatoms. The molecule has 3 amide bonds. The molecule has 8 N–H and O–H groups in total. The summed E-state index contributed by atoms with van der Waals surface area (Å²) in [5.41, 5.74) is 27.9. The van der Waals surface area contributed by atoms with Crippen molar-refractivity contribution in [2.45, 2.75) is 57.0 Å². The van der Waals surface area contributed by atoms with Gasteiger partial charge in [-0.1, -0.05) is 49.6 Å². The predicted octanol–water partition coefficient (Wildman–Crippen LogP) is 7.74. The molecule has 8 rings (SSSR count). The van der Waals surface area contributed by atoms with Gasteiger partial charge in [0, 0.05) is 30.3 Å². The second-order valence-corrected chi connectivity index (χ2v) is 15.2. The molecule has 2 aliphatic rings. The van der Waals surface area contributed by atoms with Crippen LogP contribution in [-0.4, -0.2) is 55.3 Å². The molecule has 1 unspecified atom stereocenters. The molecule has 1 atom stereocenters. The smallest absolute Gasteiger partial charge is 0.254 e. The van der Waals surface area contributed by atoms with Crippen LogP contribution < -0.4 is 32.4 Å². The van der Waals surface area contributed by atoms with Crippen LogP contribution in [0.1, 0.15) is 83.3 Å². The molecular weight excluding hydrogens is 759 g/mol. The molecule has 0 bridgehead atoms. The van der Waals surface area contributed by atoms with Crippen molar-refractivity contribution in [1.82, 2.24) is 24.5 Å². The van der Waals surface area contributed by atoms with E-state index in [1.165, 1.54) is 12.5 Å². The number of hydrogen-bond acceptors (Lipinski definition) is 9. The number of aromatic nitrogens is 4. The van der Waals surface area contributed by atoms with E-state index in [2.05, 4.69) is 0 Å². The highest BCUT2D eigenvalue weighted by molar-refractivity contribution is 6.04. The monoisotopic (exact) mass is 805 g/mol. The van der Waals surface area contributed by atoms with Crippen LogP contribution in [0, 0.1) is 0 Å². The lowest BCUT2D eigenvalue weighted by Crippen LogP contribution is -2.40. The van der Waals surface area contributed by atoms with Crippen LogP contribution in [0.3, 0.4) is 0 Å². The largest absolute Gasteiger partial charge is 0.457 e. The van der Waals surface area contributed by atoms with Gasteiger partial charge in [0.25, 0.3) is 11.8 Å². The average Bonchev–Trinajstić information content (AvgIpc) is 3.81. The molecule has 306 valence electrons. The summed E-state index contributed by atoms with van der Waals surface area (Å²) in [5.74, 6) is 1.48. The molecular formula is C46H47N9O5. The van der Waals surface area contributed by atoms with Gasteiger partial charge in [-0.25, -0.2) is 9.36 Å². The van der Waals surface area contributed by atoms with Crippen LogP contribution in [0.4, 0.5) is 11.6 Å². The standard InChI is InChI=1S/C46H47N9O5/c47-43-39(45(49)57)41(51-54(43)32-10-3-1-4-11-32)30-19-23-36(24-20-30)60-37-15-7-9-29(27-37)16-25-38(56)53-26-8-12-33(28-53)55-44(48)40(46(50)58)42(52-55)31-17-21-35(22-18-31)59-34-13-5-2-6-14-34/h2,5-7,9,13-25,27,32-33H,1,3-4,8,10-12,26,28,47-48H2,(H2,49,57)(H2,50,58). The lowest BCUT2D eigenvalue weighted by Gasteiger charge is -2.32. The summed E-state index contributed by atoms with van der Waals surface area (Å²) >= 11 is 0. The van der Waals surface area contributed by atoms with E-state index in [9.17, 15) is 14.4 Å². The number of hydrogen-bond donors (Lipinski definition) is 4. The zero-order valence-electron chi connectivity index (χ0n) is 33.1. The van der Waals surface area contributed by atoms with Crippen LogP contribution in [0.5, 0.6) is 23.0 Å². The minimum atomic E-state index is -0.685. The van der Waals surface area contributed by atoms with Crippen LogP contribution >= 0.6 is 0 Å². The Labute approximate surface area is 347 Å². The Morgan fingerprint density at radius 2 is 1.12 bits per heavy atom. The fraction of sp³-hybridized carbons (Fsp3) is 0.239. The van der Waals surface area contributed by atoms with Gasteiger partial charge in [-0.2, -0.15) is 10.2 Å². The first-order valence-corrected chi connectivity index (χ1v) is 20.2. The highest BCUT2D eigenvalue weighted by Gasteiger charge is 2.30. The van der Waals surface area contributed by atoms with Gasteiger partial charge in [0.1, 0.15) is 57.1 Å².